The van der Waals surface area contributed by atoms with Gasteiger partial charge in [-0.1, -0.05) is 0 Å². The Morgan fingerprint density at radius 2 is 2.13 bits per heavy atom. The molecule has 0 fully saturated rings. The highest BCUT2D eigenvalue weighted by Crippen LogP contribution is 1.93. The van der Waals surface area contributed by atoms with Crippen molar-refractivity contribution in [1.29, 1.82) is 0 Å². The molecule has 2 heterocycles. The molecule has 2 N–H and O–H groups in total. The van der Waals surface area contributed by atoms with Crippen LogP contribution in [-0.4, -0.2) is 14.3 Å². The van der Waals surface area contributed by atoms with Crippen LogP contribution in [0.3, 0.4) is 0 Å². The first kappa shape index (κ1) is 9.51. The Morgan fingerprint density at radius 3 is 2.87 bits per heavy atom. The Kier molecular flexibility index (Phi) is 2.53. The van der Waals surface area contributed by atoms with Gasteiger partial charge in [0.15, 0.2) is 0 Å². The van der Waals surface area contributed by atoms with Crippen LogP contribution in [0.2, 0.25) is 0 Å². The maximum absolute atomic E-state index is 11.5. The second-order valence-corrected chi connectivity index (χ2v) is 3.23. The van der Waals surface area contributed by atoms with Gasteiger partial charge in [-0.3, -0.25) is 9.48 Å². The highest BCUT2D eigenvalue weighted by Gasteiger charge is 1.98. The molecule has 0 aliphatic carbocycles. The largest absolute Gasteiger partial charge is 0.394 e. The zero-order valence-electron chi connectivity index (χ0n) is 8.21. The zero-order chi connectivity index (χ0) is 10.7. The van der Waals surface area contributed by atoms with Crippen LogP contribution < -0.4 is 11.3 Å². The number of anilines is 1. The summed E-state index contributed by atoms with van der Waals surface area (Å²) in [5, 5.41) is 4.05. The zero-order valence-corrected chi connectivity index (χ0v) is 8.21. The first-order chi connectivity index (χ1) is 7.27. The van der Waals surface area contributed by atoms with Gasteiger partial charge in [-0.05, 0) is 18.2 Å². The van der Waals surface area contributed by atoms with Gasteiger partial charge >= 0.3 is 0 Å². The lowest BCUT2D eigenvalue weighted by atomic mass is 10.4. The molecule has 0 radical (unpaired) electrons. The third-order valence-electron chi connectivity index (χ3n) is 2.18. The highest BCUT2D eigenvalue weighted by atomic mass is 16.1. The standard InChI is InChI=1S/C10H12N4O/c11-9-3-1-5-13(10(9)15)7-8-14-6-2-4-12-14/h1-6H,7-8,11H2. The molecule has 0 bridgehead atoms. The molecule has 0 aromatic carbocycles. The summed E-state index contributed by atoms with van der Waals surface area (Å²) in [4.78, 5) is 11.5. The normalized spacial score (nSPS) is 10.4. The van der Waals surface area contributed by atoms with E-state index in [0.29, 0.717) is 13.1 Å². The second-order valence-electron chi connectivity index (χ2n) is 3.23. The lowest BCUT2D eigenvalue weighted by Gasteiger charge is -2.05. The summed E-state index contributed by atoms with van der Waals surface area (Å²) >= 11 is 0. The van der Waals surface area contributed by atoms with Crippen LogP contribution in [0.4, 0.5) is 5.69 Å². The maximum Gasteiger partial charge on any atom is 0.273 e. The number of nitrogen functional groups attached to an aromatic ring is 1. The minimum Gasteiger partial charge on any atom is -0.394 e. The Balaban J connectivity index is 2.12. The van der Waals surface area contributed by atoms with E-state index in [2.05, 4.69) is 5.10 Å². The van der Waals surface area contributed by atoms with E-state index in [1.54, 1.807) is 33.8 Å². The fourth-order valence-electron chi connectivity index (χ4n) is 1.37. The first-order valence-electron chi connectivity index (χ1n) is 4.70. The number of aryl methyl sites for hydroxylation is 2. The van der Waals surface area contributed by atoms with Crippen molar-refractivity contribution in [1.82, 2.24) is 14.3 Å². The van der Waals surface area contributed by atoms with Crippen LogP contribution in [0.25, 0.3) is 0 Å². The van der Waals surface area contributed by atoms with E-state index in [9.17, 15) is 4.79 Å². The maximum atomic E-state index is 11.5. The molecule has 0 saturated heterocycles. The van der Waals surface area contributed by atoms with Crippen molar-refractivity contribution in [3.63, 3.8) is 0 Å². The molecule has 0 amide bonds. The van der Waals surface area contributed by atoms with E-state index in [1.807, 2.05) is 12.3 Å². The molecule has 0 saturated carbocycles. The van der Waals surface area contributed by atoms with E-state index < -0.39 is 0 Å². The van der Waals surface area contributed by atoms with E-state index in [1.165, 1.54) is 0 Å². The summed E-state index contributed by atoms with van der Waals surface area (Å²) < 4.78 is 3.35. The van der Waals surface area contributed by atoms with Crippen molar-refractivity contribution in [2.75, 3.05) is 5.73 Å². The number of nitrogens with two attached hydrogens (primary N) is 1. The van der Waals surface area contributed by atoms with Crippen molar-refractivity contribution in [3.05, 3.63) is 47.1 Å². The van der Waals surface area contributed by atoms with Crippen LogP contribution >= 0.6 is 0 Å². The summed E-state index contributed by atoms with van der Waals surface area (Å²) in [5.74, 6) is 0. The molecular formula is C10H12N4O. The number of rotatable bonds is 3. The van der Waals surface area contributed by atoms with Gasteiger partial charge in [0, 0.05) is 25.1 Å². The summed E-state index contributed by atoms with van der Waals surface area (Å²) in [5.41, 5.74) is 5.64. The fourth-order valence-corrected chi connectivity index (χ4v) is 1.37. The van der Waals surface area contributed by atoms with Crippen LogP contribution in [0.15, 0.2) is 41.6 Å². The third-order valence-corrected chi connectivity index (χ3v) is 2.18. The molecule has 5 heteroatoms. The molecule has 0 spiro atoms. The summed E-state index contributed by atoms with van der Waals surface area (Å²) in [7, 11) is 0. The molecule has 15 heavy (non-hydrogen) atoms. The minimum atomic E-state index is -0.148. The molecule has 78 valence electrons. The third kappa shape index (κ3) is 2.07. The smallest absolute Gasteiger partial charge is 0.273 e. The topological polar surface area (TPSA) is 65.8 Å². The van der Waals surface area contributed by atoms with Gasteiger partial charge < -0.3 is 10.3 Å². The highest BCUT2D eigenvalue weighted by molar-refractivity contribution is 5.33. The summed E-state index contributed by atoms with van der Waals surface area (Å²) in [6.45, 7) is 1.24. The average Bonchev–Trinajstić information content (AvgIpc) is 2.73. The Labute approximate surface area is 86.8 Å². The molecule has 2 aromatic rings. The predicted octanol–water partition coefficient (Wildman–Crippen LogP) is 0.327. The molecular weight excluding hydrogens is 192 g/mol. The van der Waals surface area contributed by atoms with Gasteiger partial charge in [0.1, 0.15) is 0 Å². The lowest BCUT2D eigenvalue weighted by molar-refractivity contribution is 0.524. The predicted molar refractivity (Wildman–Crippen MR) is 57.3 cm³/mol. The number of nitrogens with zero attached hydrogens (tertiary/aromatic N) is 3. The van der Waals surface area contributed by atoms with Crippen molar-refractivity contribution in [3.8, 4) is 0 Å². The average molecular weight is 204 g/mol. The number of pyridine rings is 1. The molecule has 0 unspecified atom stereocenters. The molecule has 2 aromatic heterocycles. The lowest BCUT2D eigenvalue weighted by Crippen LogP contribution is -2.24. The Hall–Kier alpha value is -2.04. The number of aromatic nitrogens is 3. The van der Waals surface area contributed by atoms with Crippen LogP contribution in [0, 0.1) is 0 Å². The first-order valence-corrected chi connectivity index (χ1v) is 4.70. The summed E-state index contributed by atoms with van der Waals surface area (Å²) in [6, 6.07) is 5.22. The number of hydrogen-bond acceptors (Lipinski definition) is 3. The van der Waals surface area contributed by atoms with Gasteiger partial charge in [0.2, 0.25) is 0 Å². The fraction of sp³-hybridized carbons (Fsp3) is 0.200. The molecule has 5 nitrogen and oxygen atoms in total. The molecule has 0 aliphatic rings. The van der Waals surface area contributed by atoms with Gasteiger partial charge in [-0.25, -0.2) is 0 Å². The Morgan fingerprint density at radius 1 is 1.27 bits per heavy atom. The Bertz CT molecular complexity index is 486. The molecule has 2 rings (SSSR count). The molecule has 0 atom stereocenters. The van der Waals surface area contributed by atoms with Crippen LogP contribution in [0.1, 0.15) is 0 Å². The molecule has 0 aliphatic heterocycles. The monoisotopic (exact) mass is 204 g/mol. The van der Waals surface area contributed by atoms with Crippen LogP contribution in [-0.2, 0) is 13.1 Å². The minimum absolute atomic E-state index is 0.148. The van der Waals surface area contributed by atoms with Gasteiger partial charge in [-0.2, -0.15) is 5.10 Å². The van der Waals surface area contributed by atoms with Gasteiger partial charge in [-0.15, -0.1) is 0 Å². The van der Waals surface area contributed by atoms with E-state index in [-0.39, 0.29) is 11.2 Å². The van der Waals surface area contributed by atoms with Crippen LogP contribution in [0.5, 0.6) is 0 Å². The van der Waals surface area contributed by atoms with E-state index >= 15 is 0 Å². The van der Waals surface area contributed by atoms with Crippen molar-refractivity contribution < 1.29 is 0 Å². The van der Waals surface area contributed by atoms with E-state index in [4.69, 9.17) is 5.73 Å². The van der Waals surface area contributed by atoms with Gasteiger partial charge in [0.25, 0.3) is 5.56 Å². The quantitative estimate of drug-likeness (QED) is 0.783. The summed E-state index contributed by atoms with van der Waals surface area (Å²) in [6.07, 6.45) is 5.29. The van der Waals surface area contributed by atoms with Crippen molar-refractivity contribution in [2.45, 2.75) is 13.1 Å². The van der Waals surface area contributed by atoms with Gasteiger partial charge in [0.05, 0.1) is 12.2 Å². The second kappa shape index (κ2) is 4.00. The van der Waals surface area contributed by atoms with Crippen molar-refractivity contribution in [2.24, 2.45) is 0 Å². The van der Waals surface area contributed by atoms with Crippen molar-refractivity contribution >= 4 is 5.69 Å². The SMILES string of the molecule is Nc1cccn(CCn2cccn2)c1=O. The number of hydrogen-bond donors (Lipinski definition) is 1. The van der Waals surface area contributed by atoms with E-state index in [0.717, 1.165) is 0 Å².